The first-order valence-corrected chi connectivity index (χ1v) is 6.84. The van der Waals surface area contributed by atoms with Gasteiger partial charge in [-0.3, -0.25) is 0 Å². The first kappa shape index (κ1) is 12.7. The SMILES string of the molecule is Cc1ccc(C)c(C(Br)c2ccccc2Cl)c1. The van der Waals surface area contributed by atoms with Crippen LogP contribution in [-0.2, 0) is 0 Å². The minimum Gasteiger partial charge on any atom is -0.0840 e. The van der Waals surface area contributed by atoms with E-state index >= 15 is 0 Å². The quantitative estimate of drug-likeness (QED) is 0.648. The molecule has 2 heteroatoms. The Labute approximate surface area is 116 Å². The van der Waals surface area contributed by atoms with Crippen LogP contribution in [0.1, 0.15) is 27.1 Å². The highest BCUT2D eigenvalue weighted by molar-refractivity contribution is 9.09. The molecule has 1 unspecified atom stereocenters. The summed E-state index contributed by atoms with van der Waals surface area (Å²) in [7, 11) is 0. The molecule has 0 spiro atoms. The van der Waals surface area contributed by atoms with Crippen LogP contribution in [0, 0.1) is 13.8 Å². The highest BCUT2D eigenvalue weighted by atomic mass is 79.9. The maximum absolute atomic E-state index is 6.23. The van der Waals surface area contributed by atoms with Crippen LogP contribution in [0.15, 0.2) is 42.5 Å². The third kappa shape index (κ3) is 2.72. The van der Waals surface area contributed by atoms with Gasteiger partial charge in [0.15, 0.2) is 0 Å². The number of benzene rings is 2. The fourth-order valence-electron chi connectivity index (χ4n) is 1.88. The highest BCUT2D eigenvalue weighted by Crippen LogP contribution is 2.36. The van der Waals surface area contributed by atoms with E-state index < -0.39 is 0 Å². The van der Waals surface area contributed by atoms with Gasteiger partial charge < -0.3 is 0 Å². The molecule has 0 N–H and O–H groups in total. The molecule has 1 atom stereocenters. The zero-order valence-corrected chi connectivity index (χ0v) is 12.2. The van der Waals surface area contributed by atoms with Gasteiger partial charge in [-0.15, -0.1) is 0 Å². The minimum atomic E-state index is 0.149. The number of hydrogen-bond acceptors (Lipinski definition) is 0. The number of aryl methyl sites for hydroxylation is 2. The summed E-state index contributed by atoms with van der Waals surface area (Å²) in [4.78, 5) is 0.149. The molecule has 0 aliphatic carbocycles. The summed E-state index contributed by atoms with van der Waals surface area (Å²) in [5.41, 5.74) is 4.93. The Bertz CT molecular complexity index is 534. The minimum absolute atomic E-state index is 0.149. The van der Waals surface area contributed by atoms with Crippen molar-refractivity contribution in [2.24, 2.45) is 0 Å². The standard InChI is InChI=1S/C15H14BrCl/c1-10-7-8-11(2)13(9-10)15(16)12-5-3-4-6-14(12)17/h3-9,15H,1-2H3. The second-order valence-electron chi connectivity index (χ2n) is 4.24. The monoisotopic (exact) mass is 308 g/mol. The average Bonchev–Trinajstić information content (AvgIpc) is 2.32. The van der Waals surface area contributed by atoms with Crippen molar-refractivity contribution < 1.29 is 0 Å². The van der Waals surface area contributed by atoms with Crippen LogP contribution < -0.4 is 0 Å². The molecule has 0 heterocycles. The molecular formula is C15H14BrCl. The third-order valence-corrected chi connectivity index (χ3v) is 4.22. The molecule has 0 amide bonds. The van der Waals surface area contributed by atoms with Crippen molar-refractivity contribution in [3.8, 4) is 0 Å². The van der Waals surface area contributed by atoms with Crippen molar-refractivity contribution in [1.29, 1.82) is 0 Å². The molecule has 0 bridgehead atoms. The van der Waals surface area contributed by atoms with Crippen molar-refractivity contribution in [1.82, 2.24) is 0 Å². The predicted octanol–water partition coefficient (Wildman–Crippen LogP) is 5.44. The molecule has 0 aliphatic rings. The van der Waals surface area contributed by atoms with Gasteiger partial charge in [-0.2, -0.15) is 0 Å². The van der Waals surface area contributed by atoms with Crippen molar-refractivity contribution in [3.05, 3.63) is 69.7 Å². The van der Waals surface area contributed by atoms with Crippen LogP contribution in [0.2, 0.25) is 5.02 Å². The van der Waals surface area contributed by atoms with Crippen molar-refractivity contribution in [2.75, 3.05) is 0 Å². The highest BCUT2D eigenvalue weighted by Gasteiger charge is 2.15. The lowest BCUT2D eigenvalue weighted by atomic mass is 9.98. The second kappa shape index (κ2) is 5.24. The van der Waals surface area contributed by atoms with E-state index in [0.29, 0.717) is 0 Å². The van der Waals surface area contributed by atoms with E-state index in [2.05, 4.69) is 54.0 Å². The molecule has 2 rings (SSSR count). The molecule has 0 nitrogen and oxygen atoms in total. The van der Waals surface area contributed by atoms with Crippen LogP contribution in [0.5, 0.6) is 0 Å². The van der Waals surface area contributed by atoms with E-state index in [1.165, 1.54) is 16.7 Å². The lowest BCUT2D eigenvalue weighted by molar-refractivity contribution is 1.13. The summed E-state index contributed by atoms with van der Waals surface area (Å²) < 4.78 is 0. The van der Waals surface area contributed by atoms with Gasteiger partial charge in [-0.1, -0.05) is 69.5 Å². The third-order valence-electron chi connectivity index (χ3n) is 2.89. The number of halogens is 2. The Balaban J connectivity index is 2.47. The van der Waals surface area contributed by atoms with Gasteiger partial charge in [0.25, 0.3) is 0 Å². The summed E-state index contributed by atoms with van der Waals surface area (Å²) in [5, 5.41) is 0.801. The summed E-state index contributed by atoms with van der Waals surface area (Å²) >= 11 is 9.98. The number of hydrogen-bond donors (Lipinski definition) is 0. The Hall–Kier alpha value is -0.790. The van der Waals surface area contributed by atoms with E-state index in [1.54, 1.807) is 0 Å². The van der Waals surface area contributed by atoms with Crippen LogP contribution in [0.3, 0.4) is 0 Å². The predicted molar refractivity (Wildman–Crippen MR) is 78.1 cm³/mol. The van der Waals surface area contributed by atoms with Crippen molar-refractivity contribution in [2.45, 2.75) is 18.7 Å². The molecule has 0 fully saturated rings. The zero-order valence-electron chi connectivity index (χ0n) is 9.87. The molecule has 0 aliphatic heterocycles. The Morgan fingerprint density at radius 3 is 2.41 bits per heavy atom. The van der Waals surface area contributed by atoms with Gasteiger partial charge in [0, 0.05) is 5.02 Å². The first-order chi connectivity index (χ1) is 8.09. The van der Waals surface area contributed by atoms with Gasteiger partial charge in [0.1, 0.15) is 0 Å². The largest absolute Gasteiger partial charge is 0.0840 e. The maximum Gasteiger partial charge on any atom is 0.0661 e. The Morgan fingerprint density at radius 1 is 1.00 bits per heavy atom. The van der Waals surface area contributed by atoms with E-state index in [-0.39, 0.29) is 4.83 Å². The summed E-state index contributed by atoms with van der Waals surface area (Å²) in [6.07, 6.45) is 0. The number of rotatable bonds is 2. The van der Waals surface area contributed by atoms with Crippen LogP contribution in [-0.4, -0.2) is 0 Å². The Morgan fingerprint density at radius 2 is 1.71 bits per heavy atom. The van der Waals surface area contributed by atoms with E-state index in [9.17, 15) is 0 Å². The molecule has 0 radical (unpaired) electrons. The summed E-state index contributed by atoms with van der Waals surface area (Å²) in [5.74, 6) is 0. The normalized spacial score (nSPS) is 12.5. The molecule has 2 aromatic rings. The summed E-state index contributed by atoms with van der Waals surface area (Å²) in [6.45, 7) is 4.23. The smallest absolute Gasteiger partial charge is 0.0661 e. The number of alkyl halides is 1. The Kier molecular flexibility index (Phi) is 3.90. The van der Waals surface area contributed by atoms with E-state index in [0.717, 1.165) is 10.6 Å². The van der Waals surface area contributed by atoms with E-state index in [4.69, 9.17) is 11.6 Å². The topological polar surface area (TPSA) is 0 Å². The molecule has 0 aromatic heterocycles. The van der Waals surface area contributed by atoms with Crippen molar-refractivity contribution >= 4 is 27.5 Å². The lowest BCUT2D eigenvalue weighted by Crippen LogP contribution is -1.97. The van der Waals surface area contributed by atoms with Gasteiger partial charge in [0.2, 0.25) is 0 Å². The molecule has 88 valence electrons. The van der Waals surface area contributed by atoms with Gasteiger partial charge in [0.05, 0.1) is 4.83 Å². The molecule has 0 saturated heterocycles. The average molecular weight is 310 g/mol. The molecule has 2 aromatic carbocycles. The van der Waals surface area contributed by atoms with Crippen molar-refractivity contribution in [3.63, 3.8) is 0 Å². The van der Waals surface area contributed by atoms with Crippen LogP contribution in [0.4, 0.5) is 0 Å². The lowest BCUT2D eigenvalue weighted by Gasteiger charge is -2.15. The van der Waals surface area contributed by atoms with Crippen LogP contribution >= 0.6 is 27.5 Å². The first-order valence-electron chi connectivity index (χ1n) is 5.55. The van der Waals surface area contributed by atoms with Gasteiger partial charge in [-0.25, -0.2) is 0 Å². The van der Waals surface area contributed by atoms with E-state index in [1.807, 2.05) is 18.2 Å². The molecule has 17 heavy (non-hydrogen) atoms. The molecule has 0 saturated carbocycles. The van der Waals surface area contributed by atoms with Gasteiger partial charge >= 0.3 is 0 Å². The molecular weight excluding hydrogens is 296 g/mol. The second-order valence-corrected chi connectivity index (χ2v) is 5.57. The fraction of sp³-hybridized carbons (Fsp3) is 0.200. The summed E-state index contributed by atoms with van der Waals surface area (Å²) in [6, 6.07) is 14.4. The zero-order chi connectivity index (χ0) is 12.4. The van der Waals surface area contributed by atoms with Gasteiger partial charge in [-0.05, 0) is 36.6 Å². The fourth-order valence-corrected chi connectivity index (χ4v) is 3.15. The maximum atomic E-state index is 6.23. The van der Waals surface area contributed by atoms with Crippen LogP contribution in [0.25, 0.3) is 0 Å².